The molecule has 1 aromatic carbocycles. The van der Waals surface area contributed by atoms with Crippen LogP contribution in [0.4, 0.5) is 5.82 Å². The normalized spacial score (nSPS) is 21.0. The van der Waals surface area contributed by atoms with Gasteiger partial charge >= 0.3 is 5.82 Å². The van der Waals surface area contributed by atoms with E-state index < -0.39 is 4.92 Å². The second-order valence-corrected chi connectivity index (χ2v) is 5.41. The van der Waals surface area contributed by atoms with Gasteiger partial charge in [0.15, 0.2) is 5.69 Å². The number of nitrogens with zero attached hydrogens (tertiary/aromatic N) is 2. The molecule has 3 N–H and O–H groups in total. The first-order valence-corrected chi connectivity index (χ1v) is 6.99. The number of benzene rings is 1. The van der Waals surface area contributed by atoms with Gasteiger partial charge in [-0.3, -0.25) is 4.79 Å². The minimum absolute atomic E-state index is 0.0788. The summed E-state index contributed by atoms with van der Waals surface area (Å²) in [6.45, 7) is 0.946. The molecule has 1 aliphatic rings. The quantitative estimate of drug-likeness (QED) is 0.661. The lowest BCUT2D eigenvalue weighted by Crippen LogP contribution is -2.32. The van der Waals surface area contributed by atoms with Gasteiger partial charge in [-0.2, -0.15) is 0 Å². The lowest BCUT2D eigenvalue weighted by Gasteiger charge is -2.14. The molecule has 7 heteroatoms. The van der Waals surface area contributed by atoms with Gasteiger partial charge in [0.1, 0.15) is 0 Å². The largest absolute Gasteiger partial charge is 0.358 e. The van der Waals surface area contributed by atoms with Crippen molar-refractivity contribution in [1.82, 2.24) is 9.88 Å². The predicted molar refractivity (Wildman–Crippen MR) is 80.5 cm³/mol. The van der Waals surface area contributed by atoms with E-state index in [0.717, 1.165) is 5.56 Å². The number of carbonyl (C=O) groups is 1. The van der Waals surface area contributed by atoms with Crippen LogP contribution in [-0.4, -0.2) is 39.8 Å². The summed E-state index contributed by atoms with van der Waals surface area (Å²) < 4.78 is 0. The van der Waals surface area contributed by atoms with Crippen molar-refractivity contribution in [1.29, 1.82) is 0 Å². The highest BCUT2D eigenvalue weighted by Crippen LogP contribution is 2.27. The Labute approximate surface area is 126 Å². The van der Waals surface area contributed by atoms with Crippen molar-refractivity contribution in [2.75, 3.05) is 13.1 Å². The molecule has 0 unspecified atom stereocenters. The van der Waals surface area contributed by atoms with E-state index in [1.165, 1.54) is 12.1 Å². The number of nitrogens with two attached hydrogens (primary N) is 1. The van der Waals surface area contributed by atoms with Gasteiger partial charge in [0.25, 0.3) is 5.91 Å². The number of hydrogen-bond acceptors (Lipinski definition) is 4. The van der Waals surface area contributed by atoms with Crippen LogP contribution in [0.15, 0.2) is 42.5 Å². The van der Waals surface area contributed by atoms with Crippen LogP contribution in [0.3, 0.4) is 0 Å². The second kappa shape index (κ2) is 5.61. The third-order valence-electron chi connectivity index (χ3n) is 3.98. The van der Waals surface area contributed by atoms with Crippen LogP contribution >= 0.6 is 0 Å². The van der Waals surface area contributed by atoms with Crippen molar-refractivity contribution in [2.24, 2.45) is 5.73 Å². The maximum atomic E-state index is 12.4. The van der Waals surface area contributed by atoms with Gasteiger partial charge in [-0.1, -0.05) is 30.3 Å². The SMILES string of the molecule is N[C@@H]1CN(C(=O)c2ccc([N+](=O)[O-])[nH]2)C[C@H]1c1ccccc1. The third kappa shape index (κ3) is 2.58. The number of aromatic nitrogens is 1. The van der Waals surface area contributed by atoms with Gasteiger partial charge in [-0.25, -0.2) is 4.98 Å². The van der Waals surface area contributed by atoms with Gasteiger partial charge in [-0.05, 0) is 16.6 Å². The van der Waals surface area contributed by atoms with Crippen LogP contribution in [0.5, 0.6) is 0 Å². The summed E-state index contributed by atoms with van der Waals surface area (Å²) in [4.78, 5) is 26.7. The zero-order valence-electron chi connectivity index (χ0n) is 11.8. The Bertz CT molecular complexity index is 698. The van der Waals surface area contributed by atoms with Crippen molar-refractivity contribution in [3.05, 3.63) is 63.8 Å². The average molecular weight is 300 g/mol. The number of likely N-dealkylation sites (tertiary alicyclic amines) is 1. The maximum absolute atomic E-state index is 12.4. The number of hydrogen-bond donors (Lipinski definition) is 2. The van der Waals surface area contributed by atoms with Crippen LogP contribution in [-0.2, 0) is 0 Å². The van der Waals surface area contributed by atoms with Crippen molar-refractivity contribution in [3.63, 3.8) is 0 Å². The van der Waals surface area contributed by atoms with Crippen LogP contribution in [0.1, 0.15) is 22.0 Å². The fourth-order valence-electron chi connectivity index (χ4n) is 2.83. The predicted octanol–water partition coefficient (Wildman–Crippen LogP) is 1.49. The van der Waals surface area contributed by atoms with Crippen LogP contribution in [0, 0.1) is 10.1 Å². The molecule has 2 heterocycles. The van der Waals surface area contributed by atoms with Gasteiger partial charge in [0, 0.05) is 31.1 Å². The number of aromatic amines is 1. The molecule has 2 atom stereocenters. The van der Waals surface area contributed by atoms with Crippen molar-refractivity contribution in [2.45, 2.75) is 12.0 Å². The van der Waals surface area contributed by atoms with E-state index in [2.05, 4.69) is 4.98 Å². The first-order valence-electron chi connectivity index (χ1n) is 6.99. The molecule has 0 aliphatic carbocycles. The topological polar surface area (TPSA) is 105 Å². The molecule has 0 radical (unpaired) electrons. The highest BCUT2D eigenvalue weighted by atomic mass is 16.6. The molecule has 1 fully saturated rings. The van der Waals surface area contributed by atoms with E-state index in [9.17, 15) is 14.9 Å². The monoisotopic (exact) mass is 300 g/mol. The molecule has 22 heavy (non-hydrogen) atoms. The number of amides is 1. The lowest BCUT2D eigenvalue weighted by atomic mass is 9.95. The van der Waals surface area contributed by atoms with E-state index in [0.29, 0.717) is 13.1 Å². The smallest absolute Gasteiger partial charge is 0.321 e. The van der Waals surface area contributed by atoms with E-state index in [1.807, 2.05) is 30.3 Å². The van der Waals surface area contributed by atoms with E-state index in [1.54, 1.807) is 4.90 Å². The zero-order valence-corrected chi connectivity index (χ0v) is 11.8. The number of carbonyl (C=O) groups excluding carboxylic acids is 1. The van der Waals surface area contributed by atoms with Crippen LogP contribution in [0.2, 0.25) is 0 Å². The summed E-state index contributed by atoms with van der Waals surface area (Å²) >= 11 is 0. The fraction of sp³-hybridized carbons (Fsp3) is 0.267. The standard InChI is InChI=1S/C15H16N4O3/c16-12-9-18(8-11(12)10-4-2-1-3-5-10)15(20)13-6-7-14(17-13)19(21)22/h1-7,11-12,17H,8-9,16H2/t11-,12+/m0/s1. The molecule has 0 bridgehead atoms. The first kappa shape index (κ1) is 14.3. The Morgan fingerprint density at radius 1 is 1.23 bits per heavy atom. The van der Waals surface area contributed by atoms with Gasteiger partial charge < -0.3 is 20.7 Å². The Morgan fingerprint density at radius 3 is 2.59 bits per heavy atom. The zero-order chi connectivity index (χ0) is 15.7. The summed E-state index contributed by atoms with van der Waals surface area (Å²) in [5, 5.41) is 10.7. The summed E-state index contributed by atoms with van der Waals surface area (Å²) in [7, 11) is 0. The van der Waals surface area contributed by atoms with E-state index in [4.69, 9.17) is 5.73 Å². The molecule has 3 rings (SSSR count). The number of H-pyrrole nitrogens is 1. The molecule has 7 nitrogen and oxygen atoms in total. The summed E-state index contributed by atoms with van der Waals surface area (Å²) in [6.07, 6.45) is 0. The van der Waals surface area contributed by atoms with Crippen molar-refractivity contribution < 1.29 is 9.72 Å². The van der Waals surface area contributed by atoms with Crippen LogP contribution < -0.4 is 5.73 Å². The highest BCUT2D eigenvalue weighted by molar-refractivity contribution is 5.93. The van der Waals surface area contributed by atoms with Crippen molar-refractivity contribution >= 4 is 11.7 Å². The van der Waals surface area contributed by atoms with E-state index in [-0.39, 0.29) is 29.4 Å². The Balaban J connectivity index is 1.76. The van der Waals surface area contributed by atoms with Crippen molar-refractivity contribution in [3.8, 4) is 0 Å². The average Bonchev–Trinajstić information content (AvgIpc) is 3.14. The molecular weight excluding hydrogens is 284 g/mol. The molecule has 1 aromatic heterocycles. The number of nitro groups is 1. The van der Waals surface area contributed by atoms with Gasteiger partial charge in [0.2, 0.25) is 0 Å². The summed E-state index contributed by atoms with van der Waals surface area (Å²) in [6, 6.07) is 12.4. The second-order valence-electron chi connectivity index (χ2n) is 5.41. The Hall–Kier alpha value is -2.67. The van der Waals surface area contributed by atoms with Gasteiger partial charge in [0.05, 0.1) is 0 Å². The summed E-state index contributed by atoms with van der Waals surface area (Å²) in [5.41, 5.74) is 7.47. The van der Waals surface area contributed by atoms with E-state index >= 15 is 0 Å². The summed E-state index contributed by atoms with van der Waals surface area (Å²) in [5.74, 6) is -0.372. The minimum atomic E-state index is -0.556. The molecule has 1 aliphatic heterocycles. The first-order chi connectivity index (χ1) is 10.6. The minimum Gasteiger partial charge on any atom is -0.358 e. The third-order valence-corrected chi connectivity index (χ3v) is 3.98. The molecule has 0 spiro atoms. The molecule has 2 aromatic rings. The molecule has 1 saturated heterocycles. The molecule has 114 valence electrons. The van der Waals surface area contributed by atoms with Crippen LogP contribution in [0.25, 0.3) is 0 Å². The molecule has 1 amide bonds. The number of nitrogens with one attached hydrogen (secondary N) is 1. The molecular formula is C15H16N4O3. The maximum Gasteiger partial charge on any atom is 0.321 e. The highest BCUT2D eigenvalue weighted by Gasteiger charge is 2.35. The lowest BCUT2D eigenvalue weighted by molar-refractivity contribution is -0.389. The Morgan fingerprint density at radius 2 is 1.95 bits per heavy atom. The number of rotatable bonds is 3. The van der Waals surface area contributed by atoms with Gasteiger partial charge in [-0.15, -0.1) is 0 Å². The Kier molecular flexibility index (Phi) is 3.64. The fourth-order valence-corrected chi connectivity index (χ4v) is 2.83. The molecule has 0 saturated carbocycles.